The van der Waals surface area contributed by atoms with Crippen molar-refractivity contribution in [2.24, 2.45) is 0 Å². The number of amides is 1. The third-order valence-electron chi connectivity index (χ3n) is 4.77. The lowest BCUT2D eigenvalue weighted by molar-refractivity contribution is -0.113. The molecule has 0 aromatic heterocycles. The van der Waals surface area contributed by atoms with E-state index in [1.807, 2.05) is 24.3 Å². The molecule has 1 saturated heterocycles. The average molecular weight is 609 g/mol. The zero-order chi connectivity index (χ0) is 23.5. The zero-order valence-corrected chi connectivity index (χ0v) is 22.0. The minimum Gasteiger partial charge on any atom is -0.495 e. The van der Waals surface area contributed by atoms with E-state index in [4.69, 9.17) is 21.7 Å². The van der Waals surface area contributed by atoms with Crippen molar-refractivity contribution in [3.05, 3.63) is 91.5 Å². The second-order valence-electron chi connectivity index (χ2n) is 6.88. The van der Waals surface area contributed by atoms with Gasteiger partial charge in [-0.1, -0.05) is 54.3 Å². The summed E-state index contributed by atoms with van der Waals surface area (Å²) in [6.07, 6.45) is 1.77. The summed E-state index contributed by atoms with van der Waals surface area (Å²) in [5.41, 5.74) is 1.83. The van der Waals surface area contributed by atoms with Gasteiger partial charge in [-0.2, -0.15) is 0 Å². The van der Waals surface area contributed by atoms with Crippen molar-refractivity contribution in [2.45, 2.75) is 6.61 Å². The van der Waals surface area contributed by atoms with Gasteiger partial charge in [0.25, 0.3) is 5.91 Å². The van der Waals surface area contributed by atoms with Crippen LogP contribution in [-0.2, 0) is 11.4 Å². The molecule has 4 rings (SSSR count). The highest BCUT2D eigenvalue weighted by molar-refractivity contribution is 9.11. The summed E-state index contributed by atoms with van der Waals surface area (Å²) >= 11 is 13.7. The summed E-state index contributed by atoms with van der Waals surface area (Å²) < 4.78 is 26.9. The molecule has 0 N–H and O–H groups in total. The Morgan fingerprint density at radius 1 is 1.09 bits per heavy atom. The number of carbonyl (C=O) groups is 1. The molecule has 3 aromatic carbocycles. The van der Waals surface area contributed by atoms with Crippen molar-refractivity contribution in [2.75, 3.05) is 12.0 Å². The Morgan fingerprint density at radius 3 is 2.45 bits per heavy atom. The molecular weight excluding hydrogens is 593 g/mol. The normalized spacial score (nSPS) is 14.8. The van der Waals surface area contributed by atoms with Crippen LogP contribution in [0.15, 0.2) is 74.5 Å². The van der Waals surface area contributed by atoms with Gasteiger partial charge in [-0.3, -0.25) is 9.69 Å². The van der Waals surface area contributed by atoms with Gasteiger partial charge in [-0.15, -0.1) is 0 Å². The van der Waals surface area contributed by atoms with Gasteiger partial charge in [0.1, 0.15) is 23.9 Å². The fraction of sp³-hybridized carbons (Fsp3) is 0.0833. The Bertz CT molecular complexity index is 1260. The number of hydrogen-bond donors (Lipinski definition) is 0. The van der Waals surface area contributed by atoms with Gasteiger partial charge < -0.3 is 9.47 Å². The van der Waals surface area contributed by atoms with Crippen LogP contribution in [0.1, 0.15) is 11.1 Å². The van der Waals surface area contributed by atoms with Crippen LogP contribution in [0.5, 0.6) is 11.5 Å². The van der Waals surface area contributed by atoms with Crippen molar-refractivity contribution < 1.29 is 18.7 Å². The standard InChI is InChI=1S/C24H16Br2FNO3S2/c1-30-20-9-5-4-8-19(20)28-23(29)21(33-24(28)32)12-14-10-16(25)22(17(26)11-14)31-13-15-6-2-3-7-18(15)27/h2-12H,13H2,1H3/b21-12+. The SMILES string of the molecule is COc1ccccc1N1C(=O)/C(=C\c2cc(Br)c(OCc3ccccc3F)c(Br)c2)SC1=S. The first-order valence-corrected chi connectivity index (χ1v) is 12.5. The fourth-order valence-corrected chi connectivity index (χ4v) is 5.94. The number of methoxy groups -OCH3 is 1. The summed E-state index contributed by atoms with van der Waals surface area (Å²) in [5, 5.41) is 0. The smallest absolute Gasteiger partial charge is 0.270 e. The Labute approximate surface area is 217 Å². The Kier molecular flexibility index (Phi) is 7.53. The number of benzene rings is 3. The van der Waals surface area contributed by atoms with Gasteiger partial charge in [0.2, 0.25) is 0 Å². The van der Waals surface area contributed by atoms with Crippen molar-refractivity contribution >= 4 is 77.8 Å². The number of para-hydroxylation sites is 2. The van der Waals surface area contributed by atoms with Gasteiger partial charge in [0.05, 0.1) is 26.6 Å². The van der Waals surface area contributed by atoms with Crippen molar-refractivity contribution in [3.63, 3.8) is 0 Å². The van der Waals surface area contributed by atoms with Gasteiger partial charge >= 0.3 is 0 Å². The third-order valence-corrected chi connectivity index (χ3v) is 7.25. The summed E-state index contributed by atoms with van der Waals surface area (Å²) in [6, 6.07) is 17.4. The first kappa shape index (κ1) is 23.9. The van der Waals surface area contributed by atoms with E-state index in [-0.39, 0.29) is 18.3 Å². The molecule has 0 saturated carbocycles. The number of thiocarbonyl (C=S) groups is 1. The number of thioether (sulfide) groups is 1. The zero-order valence-electron chi connectivity index (χ0n) is 17.2. The second-order valence-corrected chi connectivity index (χ2v) is 10.3. The molecule has 1 heterocycles. The van der Waals surface area contributed by atoms with Crippen LogP contribution in [-0.4, -0.2) is 17.3 Å². The summed E-state index contributed by atoms with van der Waals surface area (Å²) in [7, 11) is 1.55. The maximum Gasteiger partial charge on any atom is 0.270 e. The van der Waals surface area contributed by atoms with E-state index in [0.29, 0.717) is 40.9 Å². The lowest BCUT2D eigenvalue weighted by Gasteiger charge is -2.17. The summed E-state index contributed by atoms with van der Waals surface area (Å²) in [6.45, 7) is 0.0841. The van der Waals surface area contributed by atoms with Crippen LogP contribution in [0, 0.1) is 5.82 Å². The van der Waals surface area contributed by atoms with Crippen molar-refractivity contribution in [1.82, 2.24) is 0 Å². The molecule has 0 bridgehead atoms. The van der Waals surface area contributed by atoms with Gasteiger partial charge in [-0.25, -0.2) is 4.39 Å². The maximum absolute atomic E-state index is 13.9. The largest absolute Gasteiger partial charge is 0.495 e. The molecule has 1 aliphatic rings. The number of rotatable bonds is 6. The average Bonchev–Trinajstić information content (AvgIpc) is 3.06. The quantitative estimate of drug-likeness (QED) is 0.216. The predicted molar refractivity (Wildman–Crippen MR) is 141 cm³/mol. The predicted octanol–water partition coefficient (Wildman–Crippen LogP) is 7.34. The molecule has 4 nitrogen and oxygen atoms in total. The molecule has 1 fully saturated rings. The molecule has 0 unspecified atom stereocenters. The molecule has 0 aliphatic carbocycles. The molecule has 0 atom stereocenters. The van der Waals surface area contributed by atoms with Crippen LogP contribution >= 0.6 is 55.8 Å². The highest BCUT2D eigenvalue weighted by Gasteiger charge is 2.34. The van der Waals surface area contributed by atoms with Gasteiger partial charge in [0, 0.05) is 5.56 Å². The Balaban J connectivity index is 1.57. The van der Waals surface area contributed by atoms with E-state index in [0.717, 1.165) is 5.56 Å². The molecule has 0 radical (unpaired) electrons. The monoisotopic (exact) mass is 607 g/mol. The second kappa shape index (κ2) is 10.4. The molecule has 33 heavy (non-hydrogen) atoms. The number of ether oxygens (including phenoxy) is 2. The lowest BCUT2D eigenvalue weighted by Crippen LogP contribution is -2.27. The van der Waals surface area contributed by atoms with E-state index >= 15 is 0 Å². The summed E-state index contributed by atoms with van der Waals surface area (Å²) in [5.74, 6) is 0.564. The van der Waals surface area contributed by atoms with Crippen LogP contribution in [0.25, 0.3) is 6.08 Å². The van der Waals surface area contributed by atoms with Gasteiger partial charge in [0.15, 0.2) is 4.32 Å². The van der Waals surface area contributed by atoms with Crippen LogP contribution in [0.3, 0.4) is 0 Å². The van der Waals surface area contributed by atoms with E-state index in [9.17, 15) is 9.18 Å². The maximum atomic E-state index is 13.9. The van der Waals surface area contributed by atoms with E-state index < -0.39 is 0 Å². The van der Waals surface area contributed by atoms with Crippen molar-refractivity contribution in [1.29, 1.82) is 0 Å². The van der Waals surface area contributed by atoms with E-state index in [1.165, 1.54) is 22.7 Å². The highest BCUT2D eigenvalue weighted by Crippen LogP contribution is 2.41. The number of halogens is 3. The first-order valence-electron chi connectivity index (χ1n) is 9.65. The molecule has 1 amide bonds. The van der Waals surface area contributed by atoms with E-state index in [1.54, 1.807) is 43.5 Å². The third kappa shape index (κ3) is 5.16. The molecule has 168 valence electrons. The molecule has 1 aliphatic heterocycles. The molecule has 0 spiro atoms. The number of anilines is 1. The number of carbonyl (C=O) groups excluding carboxylic acids is 1. The van der Waals surface area contributed by atoms with Crippen LogP contribution < -0.4 is 14.4 Å². The molecule has 9 heteroatoms. The Morgan fingerprint density at radius 2 is 1.76 bits per heavy atom. The van der Waals surface area contributed by atoms with E-state index in [2.05, 4.69) is 31.9 Å². The molecule has 3 aromatic rings. The first-order chi connectivity index (χ1) is 15.9. The number of hydrogen-bond acceptors (Lipinski definition) is 5. The minimum absolute atomic E-state index is 0.0841. The highest BCUT2D eigenvalue weighted by atomic mass is 79.9. The van der Waals surface area contributed by atoms with Crippen molar-refractivity contribution in [3.8, 4) is 11.5 Å². The fourth-order valence-electron chi connectivity index (χ4n) is 3.21. The lowest BCUT2D eigenvalue weighted by atomic mass is 10.2. The minimum atomic E-state index is -0.321. The van der Waals surface area contributed by atoms with Crippen LogP contribution in [0.4, 0.5) is 10.1 Å². The molecular formula is C24H16Br2FNO3S2. The topological polar surface area (TPSA) is 38.8 Å². The number of nitrogens with zero attached hydrogens (tertiary/aromatic N) is 1. The van der Waals surface area contributed by atoms with Gasteiger partial charge in [-0.05, 0) is 73.8 Å². The van der Waals surface area contributed by atoms with Crippen LogP contribution in [0.2, 0.25) is 0 Å². The summed E-state index contributed by atoms with van der Waals surface area (Å²) in [4.78, 5) is 15.1. The Hall–Kier alpha value is -2.20.